The maximum Gasteiger partial charge on any atom is 0.296 e. The Morgan fingerprint density at radius 1 is 1.16 bits per heavy atom. The van der Waals surface area contributed by atoms with Crippen molar-refractivity contribution in [2.24, 2.45) is 5.92 Å². The number of unbranched alkanes of at least 4 members (excludes halogenated alkanes) is 1. The maximum atomic E-state index is 12.0. The second-order valence-corrected chi connectivity index (χ2v) is 6.58. The number of aryl methyl sites for hydroxylation is 1. The van der Waals surface area contributed by atoms with Crippen molar-refractivity contribution in [3.63, 3.8) is 0 Å². The predicted octanol–water partition coefficient (Wildman–Crippen LogP) is 3.92. The van der Waals surface area contributed by atoms with Gasteiger partial charge in [-0.1, -0.05) is 50.8 Å². The Morgan fingerprint density at radius 3 is 2.32 bits per heavy atom. The predicted molar refractivity (Wildman–Crippen MR) is 77.6 cm³/mol. The molecule has 0 spiro atoms. The summed E-state index contributed by atoms with van der Waals surface area (Å²) in [5, 5.41) is 0. The summed E-state index contributed by atoms with van der Waals surface area (Å²) in [6, 6.07) is 6.75. The number of hydrogen-bond acceptors (Lipinski definition) is 3. The van der Waals surface area contributed by atoms with Crippen molar-refractivity contribution >= 4 is 10.1 Å². The lowest BCUT2D eigenvalue weighted by Crippen LogP contribution is -2.14. The standard InChI is InChI=1S/C15H24O3S/c1-4-6-7-14(5-2)12-18-19(16,17)15-10-8-13(3)9-11-15/h8-11,14H,4-7,12H2,1-3H3. The molecule has 19 heavy (non-hydrogen) atoms. The molecule has 0 aliphatic carbocycles. The Labute approximate surface area is 117 Å². The first-order valence-corrected chi connectivity index (χ1v) is 8.36. The maximum absolute atomic E-state index is 12.0. The third-order valence-electron chi connectivity index (χ3n) is 3.31. The molecule has 0 heterocycles. The van der Waals surface area contributed by atoms with Crippen LogP contribution in [0, 0.1) is 12.8 Å². The fourth-order valence-electron chi connectivity index (χ4n) is 1.86. The molecule has 0 aromatic heterocycles. The van der Waals surface area contributed by atoms with Crippen molar-refractivity contribution in [2.75, 3.05) is 6.61 Å². The molecule has 3 nitrogen and oxygen atoms in total. The minimum Gasteiger partial charge on any atom is -0.266 e. The molecule has 1 aromatic rings. The minimum absolute atomic E-state index is 0.239. The Bertz CT molecular complexity index is 463. The molecular weight excluding hydrogens is 260 g/mol. The zero-order valence-corrected chi connectivity index (χ0v) is 12.9. The fraction of sp³-hybridized carbons (Fsp3) is 0.600. The zero-order valence-electron chi connectivity index (χ0n) is 12.1. The second-order valence-electron chi connectivity index (χ2n) is 4.97. The first-order chi connectivity index (χ1) is 8.99. The van der Waals surface area contributed by atoms with Crippen LogP contribution >= 0.6 is 0 Å². The molecule has 0 aliphatic heterocycles. The Balaban J connectivity index is 2.61. The average Bonchev–Trinajstić information content (AvgIpc) is 2.39. The van der Waals surface area contributed by atoms with Gasteiger partial charge in [-0.15, -0.1) is 0 Å². The zero-order chi connectivity index (χ0) is 14.3. The van der Waals surface area contributed by atoms with Crippen LogP contribution in [0.15, 0.2) is 29.2 Å². The first kappa shape index (κ1) is 16.2. The quantitative estimate of drug-likeness (QED) is 0.680. The van der Waals surface area contributed by atoms with Gasteiger partial charge >= 0.3 is 0 Å². The van der Waals surface area contributed by atoms with Crippen LogP contribution in [-0.2, 0) is 14.3 Å². The molecule has 4 heteroatoms. The summed E-state index contributed by atoms with van der Waals surface area (Å²) < 4.78 is 29.2. The van der Waals surface area contributed by atoms with Crippen LogP contribution in [0.5, 0.6) is 0 Å². The van der Waals surface area contributed by atoms with Crippen molar-refractivity contribution in [3.8, 4) is 0 Å². The molecule has 0 saturated heterocycles. The van der Waals surface area contributed by atoms with E-state index in [0.29, 0.717) is 5.92 Å². The molecule has 1 rings (SSSR count). The van der Waals surface area contributed by atoms with Crippen LogP contribution in [0.4, 0.5) is 0 Å². The summed E-state index contributed by atoms with van der Waals surface area (Å²) in [6.07, 6.45) is 4.22. The van der Waals surface area contributed by atoms with E-state index < -0.39 is 10.1 Å². The van der Waals surface area contributed by atoms with Gasteiger partial charge in [0.05, 0.1) is 11.5 Å². The highest BCUT2D eigenvalue weighted by atomic mass is 32.2. The van der Waals surface area contributed by atoms with E-state index in [-0.39, 0.29) is 11.5 Å². The SMILES string of the molecule is CCCCC(CC)COS(=O)(=O)c1ccc(C)cc1. The summed E-state index contributed by atoms with van der Waals surface area (Å²) in [4.78, 5) is 0.239. The molecule has 1 aromatic carbocycles. The van der Waals surface area contributed by atoms with E-state index >= 15 is 0 Å². The minimum atomic E-state index is -3.61. The van der Waals surface area contributed by atoms with Gasteiger partial charge in [-0.25, -0.2) is 0 Å². The van der Waals surface area contributed by atoms with E-state index in [1.807, 2.05) is 6.92 Å². The molecule has 0 N–H and O–H groups in total. The molecule has 1 unspecified atom stereocenters. The molecule has 0 aliphatic rings. The summed E-state index contributed by atoms with van der Waals surface area (Å²) in [5.41, 5.74) is 1.04. The number of benzene rings is 1. The van der Waals surface area contributed by atoms with Crippen LogP contribution in [0.2, 0.25) is 0 Å². The van der Waals surface area contributed by atoms with Crippen molar-refractivity contribution in [1.29, 1.82) is 0 Å². The smallest absolute Gasteiger partial charge is 0.266 e. The van der Waals surface area contributed by atoms with Crippen molar-refractivity contribution < 1.29 is 12.6 Å². The van der Waals surface area contributed by atoms with Gasteiger partial charge in [-0.3, -0.25) is 4.18 Å². The normalized spacial score (nSPS) is 13.4. The summed E-state index contributed by atoms with van der Waals surface area (Å²) in [6.45, 7) is 6.42. The first-order valence-electron chi connectivity index (χ1n) is 6.95. The van der Waals surface area contributed by atoms with Gasteiger partial charge in [0.25, 0.3) is 10.1 Å². The highest BCUT2D eigenvalue weighted by molar-refractivity contribution is 7.86. The second kappa shape index (κ2) is 7.65. The lowest BCUT2D eigenvalue weighted by molar-refractivity contribution is 0.238. The van der Waals surface area contributed by atoms with Crippen LogP contribution in [0.1, 0.15) is 45.1 Å². The highest BCUT2D eigenvalue weighted by Gasteiger charge is 2.17. The lowest BCUT2D eigenvalue weighted by Gasteiger charge is -2.14. The van der Waals surface area contributed by atoms with Crippen LogP contribution in [0.3, 0.4) is 0 Å². The van der Waals surface area contributed by atoms with Gasteiger partial charge in [0.2, 0.25) is 0 Å². The fourth-order valence-corrected chi connectivity index (χ4v) is 2.83. The number of rotatable bonds is 8. The van der Waals surface area contributed by atoms with Crippen LogP contribution in [0.25, 0.3) is 0 Å². The van der Waals surface area contributed by atoms with Crippen LogP contribution < -0.4 is 0 Å². The molecule has 108 valence electrons. The van der Waals surface area contributed by atoms with Crippen molar-refractivity contribution in [1.82, 2.24) is 0 Å². The molecule has 0 amide bonds. The van der Waals surface area contributed by atoms with Crippen LogP contribution in [-0.4, -0.2) is 15.0 Å². The van der Waals surface area contributed by atoms with E-state index in [0.717, 1.165) is 31.2 Å². The summed E-state index contributed by atoms with van der Waals surface area (Å²) in [7, 11) is -3.61. The van der Waals surface area contributed by atoms with Gasteiger partial charge in [0.1, 0.15) is 0 Å². The summed E-state index contributed by atoms with van der Waals surface area (Å²) >= 11 is 0. The van der Waals surface area contributed by atoms with Gasteiger partial charge in [0.15, 0.2) is 0 Å². The van der Waals surface area contributed by atoms with Gasteiger partial charge < -0.3 is 0 Å². The van der Waals surface area contributed by atoms with Crippen molar-refractivity contribution in [3.05, 3.63) is 29.8 Å². The Morgan fingerprint density at radius 2 is 1.79 bits per heavy atom. The average molecular weight is 284 g/mol. The monoisotopic (exact) mass is 284 g/mol. The summed E-state index contributed by atoms with van der Waals surface area (Å²) in [5.74, 6) is 0.320. The van der Waals surface area contributed by atoms with E-state index in [9.17, 15) is 8.42 Å². The van der Waals surface area contributed by atoms with E-state index in [4.69, 9.17) is 4.18 Å². The van der Waals surface area contributed by atoms with Gasteiger partial charge in [0, 0.05) is 0 Å². The van der Waals surface area contributed by atoms with Gasteiger partial charge in [-0.2, -0.15) is 8.42 Å². The largest absolute Gasteiger partial charge is 0.296 e. The Hall–Kier alpha value is -0.870. The molecule has 0 bridgehead atoms. The Kier molecular flexibility index (Phi) is 6.52. The molecule has 0 fully saturated rings. The molecule has 0 saturated carbocycles. The van der Waals surface area contributed by atoms with E-state index in [2.05, 4.69) is 13.8 Å². The van der Waals surface area contributed by atoms with Gasteiger partial charge in [-0.05, 0) is 31.4 Å². The molecule has 1 atom stereocenters. The lowest BCUT2D eigenvalue weighted by atomic mass is 10.0. The molecule has 0 radical (unpaired) electrons. The van der Waals surface area contributed by atoms with E-state index in [1.165, 1.54) is 0 Å². The number of hydrogen-bond donors (Lipinski definition) is 0. The third kappa shape index (κ3) is 5.33. The van der Waals surface area contributed by atoms with Crippen molar-refractivity contribution in [2.45, 2.75) is 51.3 Å². The molecular formula is C15H24O3S. The van der Waals surface area contributed by atoms with E-state index in [1.54, 1.807) is 24.3 Å². The highest BCUT2D eigenvalue weighted by Crippen LogP contribution is 2.18. The topological polar surface area (TPSA) is 43.4 Å². The third-order valence-corrected chi connectivity index (χ3v) is 4.61.